The van der Waals surface area contributed by atoms with E-state index >= 15 is 0 Å². The highest BCUT2D eigenvalue weighted by atomic mass is 35.5. The minimum Gasteiger partial charge on any atom is -0.494 e. The highest BCUT2D eigenvalue weighted by molar-refractivity contribution is 7.18. The van der Waals surface area contributed by atoms with Crippen molar-refractivity contribution in [1.29, 1.82) is 0 Å². The number of amides is 2. The van der Waals surface area contributed by atoms with Gasteiger partial charge in [0.1, 0.15) is 11.2 Å². The Morgan fingerprint density at radius 1 is 0.974 bits per heavy atom. The number of ether oxygens (including phenoxy) is 1. The largest absolute Gasteiger partial charge is 0.494 e. The van der Waals surface area contributed by atoms with Crippen molar-refractivity contribution in [3.8, 4) is 27.3 Å². The normalized spacial score (nSPS) is 14.1. The maximum atomic E-state index is 13.6. The van der Waals surface area contributed by atoms with E-state index < -0.39 is 11.3 Å². The first-order chi connectivity index (χ1) is 18.8. The molecule has 1 fully saturated rings. The molecule has 0 aliphatic carbocycles. The van der Waals surface area contributed by atoms with Crippen molar-refractivity contribution < 1.29 is 19.4 Å². The minimum atomic E-state index is -0.898. The SMILES string of the molecule is NC(=O)C1(c2ccccc2)CN(C(=O)c2cc(-c3ccc(OCCCO)cc3)c(-c3ccc(Cl)cc3Cl)s2)C1. The number of rotatable bonds is 9. The number of primary amides is 1. The molecule has 1 aromatic heterocycles. The Hall–Kier alpha value is -3.36. The zero-order valence-electron chi connectivity index (χ0n) is 20.9. The van der Waals surface area contributed by atoms with E-state index in [1.165, 1.54) is 11.3 Å². The molecule has 5 rings (SSSR count). The number of hydrogen-bond acceptors (Lipinski definition) is 5. The van der Waals surface area contributed by atoms with Gasteiger partial charge in [-0.2, -0.15) is 0 Å². The number of nitrogens with zero attached hydrogens (tertiary/aromatic N) is 1. The van der Waals surface area contributed by atoms with E-state index in [-0.39, 0.29) is 25.6 Å². The van der Waals surface area contributed by atoms with Crippen LogP contribution in [0.1, 0.15) is 21.7 Å². The van der Waals surface area contributed by atoms with Crippen molar-refractivity contribution in [1.82, 2.24) is 4.90 Å². The van der Waals surface area contributed by atoms with Crippen molar-refractivity contribution in [3.05, 3.63) is 99.3 Å². The average molecular weight is 582 g/mol. The average Bonchev–Trinajstić information content (AvgIpc) is 3.34. The second-order valence-electron chi connectivity index (χ2n) is 9.40. The standard InChI is InChI=1S/C30H26Cl2N2O4S/c31-21-9-12-23(25(32)15-21)27-24(19-7-10-22(11-8-19)38-14-4-13-35)16-26(39-27)28(36)34-17-30(18-34,29(33)37)20-5-2-1-3-6-20/h1-3,5-12,15-16,35H,4,13-14,17-18H2,(H2,33,37). The van der Waals surface area contributed by atoms with Gasteiger partial charge in [-0.1, -0.05) is 71.7 Å². The maximum absolute atomic E-state index is 13.6. The monoisotopic (exact) mass is 580 g/mol. The van der Waals surface area contributed by atoms with Gasteiger partial charge in [0.15, 0.2) is 0 Å². The van der Waals surface area contributed by atoms with Crippen LogP contribution in [-0.4, -0.2) is 48.1 Å². The lowest BCUT2D eigenvalue weighted by Crippen LogP contribution is -2.66. The first-order valence-electron chi connectivity index (χ1n) is 12.4. The van der Waals surface area contributed by atoms with Crippen LogP contribution in [0.3, 0.4) is 0 Å². The molecule has 9 heteroatoms. The molecule has 1 aliphatic rings. The van der Waals surface area contributed by atoms with E-state index in [1.54, 1.807) is 17.0 Å². The van der Waals surface area contributed by atoms with Gasteiger partial charge >= 0.3 is 0 Å². The van der Waals surface area contributed by atoms with Crippen LogP contribution in [0.25, 0.3) is 21.6 Å². The second kappa shape index (κ2) is 11.4. The number of carbonyl (C=O) groups excluding carboxylic acids is 2. The summed E-state index contributed by atoms with van der Waals surface area (Å²) in [5.74, 6) is 0.0722. The topological polar surface area (TPSA) is 92.9 Å². The van der Waals surface area contributed by atoms with Gasteiger partial charge in [-0.3, -0.25) is 9.59 Å². The Morgan fingerprint density at radius 2 is 1.69 bits per heavy atom. The fourth-order valence-corrected chi connectivity index (χ4v) is 6.46. The second-order valence-corrected chi connectivity index (χ2v) is 11.3. The summed E-state index contributed by atoms with van der Waals surface area (Å²) in [6.07, 6.45) is 0.550. The predicted octanol–water partition coefficient (Wildman–Crippen LogP) is 6.03. The van der Waals surface area contributed by atoms with E-state index in [2.05, 4.69) is 0 Å². The molecule has 0 radical (unpaired) electrons. The fourth-order valence-electron chi connectivity index (χ4n) is 4.71. The Kier molecular flexibility index (Phi) is 7.96. The molecular formula is C30H26Cl2N2O4S. The summed E-state index contributed by atoms with van der Waals surface area (Å²) in [5.41, 5.74) is 8.22. The molecule has 39 heavy (non-hydrogen) atoms. The highest BCUT2D eigenvalue weighted by Gasteiger charge is 2.51. The molecule has 0 bridgehead atoms. The van der Waals surface area contributed by atoms with Crippen LogP contribution in [0.15, 0.2) is 78.9 Å². The van der Waals surface area contributed by atoms with E-state index in [1.807, 2.05) is 66.7 Å². The number of hydrogen-bond donors (Lipinski definition) is 2. The van der Waals surface area contributed by atoms with Gasteiger partial charge in [-0.05, 0) is 41.5 Å². The molecule has 0 atom stereocenters. The van der Waals surface area contributed by atoms with Crippen LogP contribution >= 0.6 is 34.5 Å². The molecule has 0 saturated carbocycles. The maximum Gasteiger partial charge on any atom is 0.264 e. The zero-order chi connectivity index (χ0) is 27.6. The van der Waals surface area contributed by atoms with Crippen molar-refractivity contribution >= 4 is 46.4 Å². The third-order valence-corrected chi connectivity index (χ3v) is 8.57. The number of benzene rings is 3. The van der Waals surface area contributed by atoms with E-state index in [9.17, 15) is 9.59 Å². The first-order valence-corrected chi connectivity index (χ1v) is 14.0. The van der Waals surface area contributed by atoms with E-state index in [0.29, 0.717) is 33.7 Å². The summed E-state index contributed by atoms with van der Waals surface area (Å²) >= 11 is 14.1. The zero-order valence-corrected chi connectivity index (χ0v) is 23.2. The molecule has 1 saturated heterocycles. The Morgan fingerprint density at radius 3 is 2.33 bits per heavy atom. The smallest absolute Gasteiger partial charge is 0.264 e. The van der Waals surface area contributed by atoms with Crippen molar-refractivity contribution in [2.24, 2.45) is 5.73 Å². The molecule has 1 aliphatic heterocycles. The van der Waals surface area contributed by atoms with Crippen molar-refractivity contribution in [3.63, 3.8) is 0 Å². The van der Waals surface area contributed by atoms with Crippen LogP contribution < -0.4 is 10.5 Å². The molecule has 4 aromatic rings. The molecule has 2 heterocycles. The van der Waals surface area contributed by atoms with E-state index in [4.69, 9.17) is 38.8 Å². The number of aliphatic hydroxyl groups is 1. The summed E-state index contributed by atoms with van der Waals surface area (Å²) in [6, 6.07) is 24.1. The number of carbonyl (C=O) groups is 2. The number of halogens is 2. The van der Waals surface area contributed by atoms with Gasteiger partial charge in [-0.15, -0.1) is 11.3 Å². The summed E-state index contributed by atoms with van der Waals surface area (Å²) in [6.45, 7) is 0.923. The fraction of sp³-hybridized carbons (Fsp3) is 0.200. The number of thiophene rings is 1. The molecule has 200 valence electrons. The summed E-state index contributed by atoms with van der Waals surface area (Å²) in [4.78, 5) is 29.1. The van der Waals surface area contributed by atoms with Gasteiger partial charge in [0.05, 0.1) is 16.5 Å². The predicted molar refractivity (Wildman–Crippen MR) is 156 cm³/mol. The van der Waals surface area contributed by atoms with Crippen molar-refractivity contribution in [2.75, 3.05) is 26.3 Å². The molecule has 2 amide bonds. The quantitative estimate of drug-likeness (QED) is 0.236. The molecular weight excluding hydrogens is 555 g/mol. The van der Waals surface area contributed by atoms with Crippen LogP contribution in [-0.2, 0) is 10.2 Å². The third kappa shape index (κ3) is 5.40. The molecule has 0 unspecified atom stereocenters. The van der Waals surface area contributed by atoms with Gasteiger partial charge in [0.25, 0.3) is 5.91 Å². The summed E-state index contributed by atoms with van der Waals surface area (Å²) in [5, 5.41) is 9.99. The van der Waals surface area contributed by atoms with Crippen LogP contribution in [0.5, 0.6) is 5.75 Å². The Labute approximate surface area is 240 Å². The third-order valence-electron chi connectivity index (χ3n) is 6.86. The summed E-state index contributed by atoms with van der Waals surface area (Å²) < 4.78 is 5.67. The lowest BCUT2D eigenvalue weighted by atomic mass is 9.73. The van der Waals surface area contributed by atoms with Gasteiger partial charge < -0.3 is 20.5 Å². The van der Waals surface area contributed by atoms with Crippen LogP contribution in [0.4, 0.5) is 0 Å². The Bertz CT molecular complexity index is 1500. The van der Waals surface area contributed by atoms with Crippen molar-refractivity contribution in [2.45, 2.75) is 11.8 Å². The molecule has 0 spiro atoms. The summed E-state index contributed by atoms with van der Waals surface area (Å²) in [7, 11) is 0. The van der Waals surface area contributed by atoms with E-state index in [0.717, 1.165) is 27.1 Å². The highest BCUT2D eigenvalue weighted by Crippen LogP contribution is 2.44. The molecule has 3 N–H and O–H groups in total. The van der Waals surface area contributed by atoms with Crippen LogP contribution in [0.2, 0.25) is 10.0 Å². The van der Waals surface area contributed by atoms with Crippen LogP contribution in [0, 0.1) is 0 Å². The molecule has 6 nitrogen and oxygen atoms in total. The van der Waals surface area contributed by atoms with Gasteiger partial charge in [0.2, 0.25) is 5.91 Å². The van der Waals surface area contributed by atoms with Gasteiger partial charge in [-0.25, -0.2) is 0 Å². The lowest BCUT2D eigenvalue weighted by molar-refractivity contribution is -0.128. The number of nitrogens with two attached hydrogens (primary N) is 1. The Balaban J connectivity index is 1.47. The number of likely N-dealkylation sites (tertiary alicyclic amines) is 1. The first kappa shape index (κ1) is 27.2. The van der Waals surface area contributed by atoms with Gasteiger partial charge in [0, 0.05) is 47.1 Å². The lowest BCUT2D eigenvalue weighted by Gasteiger charge is -2.48. The number of aliphatic hydroxyl groups excluding tert-OH is 1. The molecule has 3 aromatic carbocycles. The minimum absolute atomic E-state index is 0.0674.